The number of nitrogens with one attached hydrogen (secondary N) is 2. The van der Waals surface area contributed by atoms with Crippen molar-refractivity contribution in [3.63, 3.8) is 0 Å². The highest BCUT2D eigenvalue weighted by Gasteiger charge is 2.46. The number of rotatable bonds is 13. The molecule has 1 aromatic rings. The molecular formula is C25H40N6O4. The highest BCUT2D eigenvalue weighted by atomic mass is 16.2. The third-order valence-corrected chi connectivity index (χ3v) is 6.20. The van der Waals surface area contributed by atoms with Gasteiger partial charge in [-0.1, -0.05) is 50.6 Å². The summed E-state index contributed by atoms with van der Waals surface area (Å²) in [5.74, 6) is -2.19. The number of hydrogen-bond acceptors (Lipinski definition) is 7. The van der Waals surface area contributed by atoms with Crippen LogP contribution in [0.4, 0.5) is 0 Å². The molecular weight excluding hydrogens is 448 g/mol. The van der Waals surface area contributed by atoms with Gasteiger partial charge in [-0.15, -0.1) is 0 Å². The smallest absolute Gasteiger partial charge is 0.252 e. The van der Waals surface area contributed by atoms with Crippen molar-refractivity contribution in [2.75, 3.05) is 13.1 Å². The number of carbonyl (C=O) groups is 4. The van der Waals surface area contributed by atoms with Crippen LogP contribution in [0.15, 0.2) is 30.3 Å². The van der Waals surface area contributed by atoms with E-state index in [9.17, 15) is 19.2 Å². The molecule has 0 unspecified atom stereocenters. The molecule has 1 fully saturated rings. The van der Waals surface area contributed by atoms with E-state index in [1.165, 1.54) is 0 Å². The fraction of sp³-hybridized carbons (Fsp3) is 0.600. The monoisotopic (exact) mass is 488 g/mol. The van der Waals surface area contributed by atoms with Gasteiger partial charge in [0.15, 0.2) is 0 Å². The Hall–Kier alpha value is -2.82. The zero-order valence-corrected chi connectivity index (χ0v) is 20.7. The van der Waals surface area contributed by atoms with Crippen molar-refractivity contribution in [2.45, 2.75) is 76.5 Å². The van der Waals surface area contributed by atoms with E-state index in [0.717, 1.165) is 16.9 Å². The van der Waals surface area contributed by atoms with Crippen LogP contribution in [0.5, 0.6) is 0 Å². The van der Waals surface area contributed by atoms with Gasteiger partial charge >= 0.3 is 0 Å². The number of nitrogens with zero attached hydrogens (tertiary/aromatic N) is 1. The summed E-state index contributed by atoms with van der Waals surface area (Å²) in [7, 11) is 0. The molecule has 4 amide bonds. The molecule has 1 aliphatic rings. The number of piperazine rings is 1. The van der Waals surface area contributed by atoms with Gasteiger partial charge in [0.1, 0.15) is 18.1 Å². The molecule has 194 valence electrons. The first-order valence-electron chi connectivity index (χ1n) is 12.4. The average Bonchev–Trinajstić information content (AvgIpc) is 2.83. The summed E-state index contributed by atoms with van der Waals surface area (Å²) in [4.78, 5) is 54.1. The lowest BCUT2D eigenvalue weighted by Crippen LogP contribution is -2.68. The van der Waals surface area contributed by atoms with Crippen LogP contribution in [0, 0.1) is 5.92 Å². The van der Waals surface area contributed by atoms with Crippen molar-refractivity contribution in [1.29, 1.82) is 0 Å². The maximum Gasteiger partial charge on any atom is 0.252 e. The van der Waals surface area contributed by atoms with Crippen LogP contribution < -0.4 is 27.8 Å². The Labute approximate surface area is 207 Å². The van der Waals surface area contributed by atoms with Crippen LogP contribution in [-0.2, 0) is 25.6 Å². The molecule has 1 aliphatic heterocycles. The molecule has 10 nitrogen and oxygen atoms in total. The zero-order chi connectivity index (χ0) is 26.0. The Kier molecular flexibility index (Phi) is 11.3. The molecule has 1 saturated heterocycles. The van der Waals surface area contributed by atoms with Gasteiger partial charge in [-0.2, -0.15) is 0 Å². The van der Waals surface area contributed by atoms with Crippen molar-refractivity contribution in [2.24, 2.45) is 23.1 Å². The van der Waals surface area contributed by atoms with E-state index in [0.29, 0.717) is 32.4 Å². The minimum Gasteiger partial charge on any atom is -0.343 e. The summed E-state index contributed by atoms with van der Waals surface area (Å²) in [5, 5.41) is 5.50. The second kappa shape index (κ2) is 13.9. The van der Waals surface area contributed by atoms with Crippen LogP contribution in [0.25, 0.3) is 0 Å². The van der Waals surface area contributed by atoms with E-state index >= 15 is 0 Å². The molecule has 1 heterocycles. The third kappa shape index (κ3) is 7.84. The molecule has 0 spiro atoms. The third-order valence-electron chi connectivity index (χ3n) is 6.20. The van der Waals surface area contributed by atoms with E-state index in [-0.39, 0.29) is 18.8 Å². The first kappa shape index (κ1) is 28.4. The number of nitrogens with two attached hydrogens (primary N) is 3. The molecule has 10 heteroatoms. The normalized spacial score (nSPS) is 19.9. The zero-order valence-electron chi connectivity index (χ0n) is 20.7. The van der Waals surface area contributed by atoms with Gasteiger partial charge in [-0.05, 0) is 50.3 Å². The Bertz CT molecular complexity index is 863. The number of amides is 4. The van der Waals surface area contributed by atoms with Gasteiger partial charge in [0.25, 0.3) is 11.8 Å². The lowest BCUT2D eigenvalue weighted by molar-refractivity contribution is -0.161. The summed E-state index contributed by atoms with van der Waals surface area (Å²) in [6.45, 7) is 4.42. The number of imide groups is 1. The van der Waals surface area contributed by atoms with Crippen LogP contribution in [0.2, 0.25) is 0 Å². The standard InChI is InChI=1S/C25H40N6O4/c1-16(2)21-25(35)31(20(12-8-14-27)23(33)30-21)24(34)19(15-17-9-4-3-5-10-17)29-22(32)18(28)11-6-7-13-26/h3-5,9-10,16,18-21H,6-8,11-15,26-28H2,1-2H3,(H,29,32)(H,30,33)/t18-,19-,20+,21-/m0/s1. The molecule has 8 N–H and O–H groups in total. The van der Waals surface area contributed by atoms with Gasteiger partial charge < -0.3 is 27.8 Å². The summed E-state index contributed by atoms with van der Waals surface area (Å²) >= 11 is 0. The van der Waals surface area contributed by atoms with E-state index < -0.39 is 47.8 Å². The van der Waals surface area contributed by atoms with Gasteiger partial charge in [-0.3, -0.25) is 24.1 Å². The van der Waals surface area contributed by atoms with Gasteiger partial charge in [0.05, 0.1) is 6.04 Å². The minimum absolute atomic E-state index is 0.155. The second-order valence-corrected chi connectivity index (χ2v) is 9.37. The van der Waals surface area contributed by atoms with Gasteiger partial charge in [0, 0.05) is 6.42 Å². The highest BCUT2D eigenvalue weighted by molar-refractivity contribution is 6.08. The largest absolute Gasteiger partial charge is 0.343 e. The van der Waals surface area contributed by atoms with Crippen LogP contribution in [0.3, 0.4) is 0 Å². The average molecular weight is 489 g/mol. The number of carbonyl (C=O) groups excluding carboxylic acids is 4. The van der Waals surface area contributed by atoms with Crippen LogP contribution in [-0.4, -0.2) is 65.8 Å². The Morgan fingerprint density at radius 2 is 1.71 bits per heavy atom. The van der Waals surface area contributed by atoms with Gasteiger partial charge in [0.2, 0.25) is 11.8 Å². The quantitative estimate of drug-likeness (QED) is 0.239. The molecule has 1 aromatic carbocycles. The Balaban J connectivity index is 2.35. The first-order valence-corrected chi connectivity index (χ1v) is 12.4. The molecule has 0 saturated carbocycles. The van der Waals surface area contributed by atoms with E-state index in [2.05, 4.69) is 10.6 Å². The fourth-order valence-corrected chi connectivity index (χ4v) is 4.15. The number of hydrogen-bond donors (Lipinski definition) is 5. The Morgan fingerprint density at radius 3 is 2.31 bits per heavy atom. The number of unbranched alkanes of at least 4 members (excludes halogenated alkanes) is 1. The molecule has 0 aromatic heterocycles. The second-order valence-electron chi connectivity index (χ2n) is 9.37. The molecule has 0 radical (unpaired) electrons. The van der Waals surface area contributed by atoms with E-state index in [1.807, 2.05) is 30.3 Å². The predicted octanol–water partition coefficient (Wildman–Crippen LogP) is -0.213. The highest BCUT2D eigenvalue weighted by Crippen LogP contribution is 2.21. The maximum atomic E-state index is 13.8. The molecule has 35 heavy (non-hydrogen) atoms. The summed E-state index contributed by atoms with van der Waals surface area (Å²) in [6, 6.07) is 5.49. The summed E-state index contributed by atoms with van der Waals surface area (Å²) < 4.78 is 0. The van der Waals surface area contributed by atoms with Crippen molar-refractivity contribution >= 4 is 23.6 Å². The minimum atomic E-state index is -1.06. The van der Waals surface area contributed by atoms with Crippen LogP contribution >= 0.6 is 0 Å². The van der Waals surface area contributed by atoms with E-state index in [4.69, 9.17) is 17.2 Å². The lowest BCUT2D eigenvalue weighted by atomic mass is 9.94. The predicted molar refractivity (Wildman–Crippen MR) is 134 cm³/mol. The molecule has 0 bridgehead atoms. The fourth-order valence-electron chi connectivity index (χ4n) is 4.15. The van der Waals surface area contributed by atoms with Crippen LogP contribution in [0.1, 0.15) is 51.5 Å². The van der Waals surface area contributed by atoms with Crippen molar-refractivity contribution in [3.05, 3.63) is 35.9 Å². The number of benzene rings is 1. The maximum absolute atomic E-state index is 13.8. The molecule has 2 rings (SSSR count). The SMILES string of the molecule is CC(C)[C@@H]1NC(=O)[C@@H](CCCN)N(C(=O)[C@H](Cc2ccccc2)NC(=O)[C@@H](N)CCCCN)C1=O. The van der Waals surface area contributed by atoms with E-state index in [1.54, 1.807) is 13.8 Å². The molecule has 0 aliphatic carbocycles. The Morgan fingerprint density at radius 1 is 1.06 bits per heavy atom. The molecule has 4 atom stereocenters. The topological polar surface area (TPSA) is 174 Å². The van der Waals surface area contributed by atoms with Crippen molar-refractivity contribution in [3.8, 4) is 0 Å². The lowest BCUT2D eigenvalue weighted by Gasteiger charge is -2.40. The van der Waals surface area contributed by atoms with Crippen molar-refractivity contribution in [1.82, 2.24) is 15.5 Å². The first-order chi connectivity index (χ1) is 16.7. The summed E-state index contributed by atoms with van der Waals surface area (Å²) in [6.07, 6.45) is 2.71. The van der Waals surface area contributed by atoms with Crippen molar-refractivity contribution < 1.29 is 19.2 Å². The van der Waals surface area contributed by atoms with Gasteiger partial charge in [-0.25, -0.2) is 0 Å². The summed E-state index contributed by atoms with van der Waals surface area (Å²) in [5.41, 5.74) is 18.0.